The van der Waals surface area contributed by atoms with Gasteiger partial charge in [0, 0.05) is 39.8 Å². The van der Waals surface area contributed by atoms with Crippen molar-refractivity contribution in [2.75, 3.05) is 63.2 Å². The Kier molecular flexibility index (Phi) is 6.62. The summed E-state index contributed by atoms with van der Waals surface area (Å²) in [5.74, 6) is 1.47. The van der Waals surface area contributed by atoms with Crippen LogP contribution < -0.4 is 10.2 Å². The molecule has 1 aromatic rings. The van der Waals surface area contributed by atoms with Gasteiger partial charge in [0.2, 0.25) is 5.95 Å². The van der Waals surface area contributed by atoms with Crippen LogP contribution in [-0.2, 0) is 4.74 Å². The van der Waals surface area contributed by atoms with Crippen molar-refractivity contribution in [1.82, 2.24) is 20.1 Å². The molecule has 1 saturated heterocycles. The number of hydrogen-bond donors (Lipinski definition) is 1. The fraction of sp³-hybridized carbons (Fsp3) is 0.786. The van der Waals surface area contributed by atoms with Crippen LogP contribution in [0.15, 0.2) is 6.20 Å². The molecule has 0 amide bonds. The molecule has 21 heavy (non-hydrogen) atoms. The van der Waals surface area contributed by atoms with E-state index in [4.69, 9.17) is 4.74 Å². The van der Waals surface area contributed by atoms with Gasteiger partial charge in [-0.1, -0.05) is 13.3 Å². The number of aromatic nitrogens is 3. The van der Waals surface area contributed by atoms with Gasteiger partial charge in [-0.15, -0.1) is 5.10 Å². The van der Waals surface area contributed by atoms with Crippen molar-refractivity contribution in [2.24, 2.45) is 0 Å². The Bertz CT molecular complexity index is 410. The molecule has 1 fully saturated rings. The zero-order valence-corrected chi connectivity index (χ0v) is 13.1. The van der Waals surface area contributed by atoms with E-state index in [1.54, 1.807) is 6.20 Å². The molecular formula is C14H26N6O. The predicted octanol–water partition coefficient (Wildman–Crippen LogP) is 0.852. The van der Waals surface area contributed by atoms with Gasteiger partial charge in [-0.2, -0.15) is 10.1 Å². The first kappa shape index (κ1) is 15.9. The van der Waals surface area contributed by atoms with Crippen LogP contribution in [0.2, 0.25) is 0 Å². The molecule has 1 aromatic heterocycles. The number of ether oxygens (including phenoxy) is 1. The third-order valence-corrected chi connectivity index (χ3v) is 3.60. The second kappa shape index (κ2) is 8.74. The lowest BCUT2D eigenvalue weighted by molar-refractivity contribution is 0.0398. The lowest BCUT2D eigenvalue weighted by atomic mass is 10.3. The standard InChI is InChI=1S/C14H26N6O/c1-3-4-6-19(2)13-12-16-18-14(17-13)15-5-7-20-8-10-21-11-9-20/h12H,3-11H2,1-2H3,(H,15,17,18). The first-order valence-corrected chi connectivity index (χ1v) is 7.74. The molecule has 2 rings (SSSR count). The lowest BCUT2D eigenvalue weighted by Gasteiger charge is -2.26. The molecular weight excluding hydrogens is 268 g/mol. The SMILES string of the molecule is CCCCN(C)c1cnnc(NCCN2CCOCC2)n1. The zero-order chi connectivity index (χ0) is 14.9. The molecule has 0 atom stereocenters. The van der Waals surface area contributed by atoms with Gasteiger partial charge >= 0.3 is 0 Å². The minimum Gasteiger partial charge on any atom is -0.379 e. The number of nitrogens with one attached hydrogen (secondary N) is 1. The van der Waals surface area contributed by atoms with E-state index in [9.17, 15) is 0 Å². The van der Waals surface area contributed by atoms with Crippen molar-refractivity contribution < 1.29 is 4.74 Å². The maximum Gasteiger partial charge on any atom is 0.244 e. The number of hydrogen-bond acceptors (Lipinski definition) is 7. The third-order valence-electron chi connectivity index (χ3n) is 3.60. The normalized spacial score (nSPS) is 15.9. The van der Waals surface area contributed by atoms with Crippen LogP contribution in [0.4, 0.5) is 11.8 Å². The molecule has 2 heterocycles. The summed E-state index contributed by atoms with van der Waals surface area (Å²) in [6.45, 7) is 8.63. The van der Waals surface area contributed by atoms with Crippen molar-refractivity contribution in [1.29, 1.82) is 0 Å². The third kappa shape index (κ3) is 5.43. The molecule has 0 saturated carbocycles. The first-order valence-electron chi connectivity index (χ1n) is 7.74. The summed E-state index contributed by atoms with van der Waals surface area (Å²) in [7, 11) is 2.04. The summed E-state index contributed by atoms with van der Waals surface area (Å²) in [6, 6.07) is 0. The van der Waals surface area contributed by atoms with Gasteiger partial charge in [0.1, 0.15) is 0 Å². The second-order valence-corrected chi connectivity index (χ2v) is 5.29. The molecule has 0 spiro atoms. The van der Waals surface area contributed by atoms with Gasteiger partial charge in [0.25, 0.3) is 0 Å². The molecule has 1 N–H and O–H groups in total. The smallest absolute Gasteiger partial charge is 0.244 e. The minimum atomic E-state index is 0.601. The Balaban J connectivity index is 1.77. The predicted molar refractivity (Wildman–Crippen MR) is 83.8 cm³/mol. The maximum atomic E-state index is 5.34. The largest absolute Gasteiger partial charge is 0.379 e. The minimum absolute atomic E-state index is 0.601. The lowest BCUT2D eigenvalue weighted by Crippen LogP contribution is -2.39. The Hall–Kier alpha value is -1.47. The van der Waals surface area contributed by atoms with E-state index >= 15 is 0 Å². The highest BCUT2D eigenvalue weighted by atomic mass is 16.5. The molecule has 0 aromatic carbocycles. The van der Waals surface area contributed by atoms with Gasteiger partial charge in [0.15, 0.2) is 5.82 Å². The van der Waals surface area contributed by atoms with Crippen molar-refractivity contribution in [3.63, 3.8) is 0 Å². The van der Waals surface area contributed by atoms with E-state index in [-0.39, 0.29) is 0 Å². The van der Waals surface area contributed by atoms with Gasteiger partial charge in [-0.05, 0) is 6.42 Å². The maximum absolute atomic E-state index is 5.34. The average molecular weight is 294 g/mol. The molecule has 1 aliphatic rings. The molecule has 0 aliphatic carbocycles. The Morgan fingerprint density at radius 3 is 2.95 bits per heavy atom. The highest BCUT2D eigenvalue weighted by molar-refractivity contribution is 5.39. The molecule has 0 radical (unpaired) electrons. The average Bonchev–Trinajstić information content (AvgIpc) is 2.54. The van der Waals surface area contributed by atoms with Crippen molar-refractivity contribution in [3.05, 3.63) is 6.20 Å². The van der Waals surface area contributed by atoms with Crippen molar-refractivity contribution in [3.8, 4) is 0 Å². The van der Waals surface area contributed by atoms with Gasteiger partial charge in [-0.25, -0.2) is 0 Å². The van der Waals surface area contributed by atoms with Crippen molar-refractivity contribution >= 4 is 11.8 Å². The van der Waals surface area contributed by atoms with E-state index in [1.165, 1.54) is 6.42 Å². The van der Waals surface area contributed by atoms with E-state index in [1.807, 2.05) is 7.05 Å². The van der Waals surface area contributed by atoms with Gasteiger partial charge in [-0.3, -0.25) is 4.90 Å². The highest BCUT2D eigenvalue weighted by Gasteiger charge is 2.10. The van der Waals surface area contributed by atoms with Crippen LogP contribution in [0.1, 0.15) is 19.8 Å². The fourth-order valence-corrected chi connectivity index (χ4v) is 2.21. The molecule has 1 aliphatic heterocycles. The monoisotopic (exact) mass is 294 g/mol. The van der Waals surface area contributed by atoms with Gasteiger partial charge in [0.05, 0.1) is 19.4 Å². The zero-order valence-electron chi connectivity index (χ0n) is 13.1. The van der Waals surface area contributed by atoms with E-state index in [0.717, 1.165) is 58.2 Å². The van der Waals surface area contributed by atoms with E-state index in [0.29, 0.717) is 5.95 Å². The summed E-state index contributed by atoms with van der Waals surface area (Å²) < 4.78 is 5.34. The van der Waals surface area contributed by atoms with Crippen LogP contribution in [-0.4, -0.2) is 73.1 Å². The molecule has 0 unspecified atom stereocenters. The van der Waals surface area contributed by atoms with E-state index < -0.39 is 0 Å². The molecule has 0 bridgehead atoms. The summed E-state index contributed by atoms with van der Waals surface area (Å²) in [5, 5.41) is 11.3. The summed E-state index contributed by atoms with van der Waals surface area (Å²) in [4.78, 5) is 9.00. The number of unbranched alkanes of at least 4 members (excludes halogenated alkanes) is 1. The number of morpholine rings is 1. The summed E-state index contributed by atoms with van der Waals surface area (Å²) in [6.07, 6.45) is 4.04. The number of nitrogens with zero attached hydrogens (tertiary/aromatic N) is 5. The van der Waals surface area contributed by atoms with Crippen LogP contribution in [0.5, 0.6) is 0 Å². The Morgan fingerprint density at radius 1 is 1.38 bits per heavy atom. The first-order chi connectivity index (χ1) is 10.3. The Morgan fingerprint density at radius 2 is 2.19 bits per heavy atom. The quantitative estimate of drug-likeness (QED) is 0.762. The number of rotatable bonds is 8. The number of anilines is 2. The van der Waals surface area contributed by atoms with Crippen LogP contribution in [0, 0.1) is 0 Å². The molecule has 118 valence electrons. The summed E-state index contributed by atoms with van der Waals surface area (Å²) in [5.41, 5.74) is 0. The van der Waals surface area contributed by atoms with Crippen molar-refractivity contribution in [2.45, 2.75) is 19.8 Å². The molecule has 7 heteroatoms. The topological polar surface area (TPSA) is 66.4 Å². The van der Waals surface area contributed by atoms with Gasteiger partial charge < -0.3 is 15.0 Å². The fourth-order valence-electron chi connectivity index (χ4n) is 2.21. The van der Waals surface area contributed by atoms with Crippen LogP contribution in [0.25, 0.3) is 0 Å². The van der Waals surface area contributed by atoms with Crippen LogP contribution >= 0.6 is 0 Å². The second-order valence-electron chi connectivity index (χ2n) is 5.29. The van der Waals surface area contributed by atoms with E-state index in [2.05, 4.69) is 37.2 Å². The highest BCUT2D eigenvalue weighted by Crippen LogP contribution is 2.09. The Labute approximate surface area is 126 Å². The summed E-state index contributed by atoms with van der Waals surface area (Å²) >= 11 is 0. The van der Waals surface area contributed by atoms with Crippen LogP contribution in [0.3, 0.4) is 0 Å². The molecule has 7 nitrogen and oxygen atoms in total.